The average molecular weight is 608 g/mol. The van der Waals surface area contributed by atoms with Gasteiger partial charge in [0, 0.05) is 15.9 Å². The quantitative estimate of drug-likeness (QED) is 0.221. The molecule has 0 spiro atoms. The van der Waals surface area contributed by atoms with Gasteiger partial charge in [0.15, 0.2) is 17.1 Å². The first-order valence-electron chi connectivity index (χ1n) is 12.4. The fourth-order valence-corrected chi connectivity index (χ4v) is 6.76. The minimum Gasteiger partial charge on any atom is -0.483 e. The zero-order chi connectivity index (χ0) is 26.4. The molecule has 1 aliphatic rings. The van der Waals surface area contributed by atoms with Gasteiger partial charge < -0.3 is 19.4 Å². The number of nitrogens with one attached hydrogen (secondary N) is 1. The summed E-state index contributed by atoms with van der Waals surface area (Å²) in [7, 11) is 1.38. The summed E-state index contributed by atoms with van der Waals surface area (Å²) in [4.78, 5) is 26.7. The van der Waals surface area contributed by atoms with Crippen LogP contribution in [0, 0.1) is 0 Å². The van der Waals surface area contributed by atoms with Crippen LogP contribution in [0.5, 0.6) is 5.75 Å². The number of fused-ring (bicyclic) bond motifs is 1. The van der Waals surface area contributed by atoms with Crippen LogP contribution >= 0.6 is 39.0 Å². The largest absolute Gasteiger partial charge is 0.483 e. The highest BCUT2D eigenvalue weighted by molar-refractivity contribution is 9.10. The number of carbonyl (C=O) groups excluding carboxylic acids is 2. The topological polar surface area (TPSA) is 95.3 Å². The van der Waals surface area contributed by atoms with E-state index in [0.717, 1.165) is 47.9 Å². The first-order valence-corrected chi connectivity index (χ1v) is 15.0. The van der Waals surface area contributed by atoms with Gasteiger partial charge in [-0.05, 0) is 69.4 Å². The Morgan fingerprint density at radius 3 is 2.59 bits per heavy atom. The standard InChI is InChI=1S/C26H31BrN4O4S2/c1-4-31-23(16(2)35-18-13-11-17(27)12-14-18)29-30-26(31)36-15-21(32)28-24-22(25(33)34-3)19-9-7-5-6-8-10-20(19)37-24/h11-14,16H,4-10,15H2,1-3H3,(H,28,32). The Bertz CT molecular complexity index is 1240. The van der Waals surface area contributed by atoms with Crippen LogP contribution in [0.4, 0.5) is 5.00 Å². The lowest BCUT2D eigenvalue weighted by Crippen LogP contribution is -2.17. The Morgan fingerprint density at radius 1 is 1.16 bits per heavy atom. The molecule has 4 rings (SSSR count). The van der Waals surface area contributed by atoms with E-state index in [1.807, 2.05) is 42.7 Å². The molecule has 1 aliphatic carbocycles. The Hall–Kier alpha value is -2.37. The molecule has 0 aliphatic heterocycles. The summed E-state index contributed by atoms with van der Waals surface area (Å²) in [6.07, 6.45) is 5.93. The molecular weight excluding hydrogens is 576 g/mol. The van der Waals surface area contributed by atoms with Crippen molar-refractivity contribution in [1.29, 1.82) is 0 Å². The minimum atomic E-state index is -0.392. The van der Waals surface area contributed by atoms with E-state index < -0.39 is 5.97 Å². The van der Waals surface area contributed by atoms with Crippen molar-refractivity contribution in [2.75, 3.05) is 18.2 Å². The summed E-state index contributed by atoms with van der Waals surface area (Å²) in [5.74, 6) is 0.983. The Kier molecular flexibility index (Phi) is 9.66. The number of methoxy groups -OCH3 is 1. The van der Waals surface area contributed by atoms with Crippen molar-refractivity contribution in [1.82, 2.24) is 14.8 Å². The molecule has 198 valence electrons. The smallest absolute Gasteiger partial charge is 0.341 e. The van der Waals surface area contributed by atoms with Crippen LogP contribution in [0.2, 0.25) is 0 Å². The van der Waals surface area contributed by atoms with E-state index >= 15 is 0 Å². The number of hydrogen-bond donors (Lipinski definition) is 1. The van der Waals surface area contributed by atoms with Crippen LogP contribution < -0.4 is 10.1 Å². The predicted molar refractivity (Wildman–Crippen MR) is 150 cm³/mol. The summed E-state index contributed by atoms with van der Waals surface area (Å²) in [5, 5.41) is 12.8. The van der Waals surface area contributed by atoms with Gasteiger partial charge in [-0.1, -0.05) is 40.5 Å². The van der Waals surface area contributed by atoms with E-state index in [0.29, 0.717) is 28.1 Å². The van der Waals surface area contributed by atoms with Crippen LogP contribution in [0.1, 0.15) is 72.3 Å². The lowest BCUT2D eigenvalue weighted by atomic mass is 9.96. The van der Waals surface area contributed by atoms with Crippen LogP contribution in [-0.2, 0) is 28.9 Å². The third kappa shape index (κ3) is 6.74. The molecule has 1 N–H and O–H groups in total. The van der Waals surface area contributed by atoms with Gasteiger partial charge in [0.1, 0.15) is 10.8 Å². The number of benzene rings is 1. The molecule has 11 heteroatoms. The number of hydrogen-bond acceptors (Lipinski definition) is 8. The first kappa shape index (κ1) is 27.7. The molecule has 37 heavy (non-hydrogen) atoms. The number of esters is 1. The van der Waals surface area contributed by atoms with Gasteiger partial charge in [0.2, 0.25) is 5.91 Å². The van der Waals surface area contributed by atoms with E-state index in [9.17, 15) is 9.59 Å². The molecule has 8 nitrogen and oxygen atoms in total. The summed E-state index contributed by atoms with van der Waals surface area (Å²) in [6, 6.07) is 7.62. The molecule has 1 atom stereocenters. The number of rotatable bonds is 9. The number of amides is 1. The molecule has 1 amide bonds. The van der Waals surface area contributed by atoms with E-state index in [4.69, 9.17) is 9.47 Å². The third-order valence-electron chi connectivity index (χ3n) is 6.20. The maximum atomic E-state index is 12.9. The van der Waals surface area contributed by atoms with Gasteiger partial charge in [-0.3, -0.25) is 4.79 Å². The lowest BCUT2D eigenvalue weighted by Gasteiger charge is -2.15. The summed E-state index contributed by atoms with van der Waals surface area (Å²) in [6.45, 7) is 4.58. The number of thioether (sulfide) groups is 1. The second kappa shape index (κ2) is 12.9. The van der Waals surface area contributed by atoms with Crippen molar-refractivity contribution in [3.05, 3.63) is 50.6 Å². The van der Waals surface area contributed by atoms with E-state index in [1.54, 1.807) is 0 Å². The molecular formula is C26H31BrN4O4S2. The van der Waals surface area contributed by atoms with Crippen LogP contribution in [0.25, 0.3) is 0 Å². The maximum Gasteiger partial charge on any atom is 0.341 e. The number of carbonyl (C=O) groups is 2. The molecule has 2 heterocycles. The van der Waals surface area contributed by atoms with Crippen molar-refractivity contribution >= 4 is 55.9 Å². The predicted octanol–water partition coefficient (Wildman–Crippen LogP) is 6.44. The van der Waals surface area contributed by atoms with Crippen molar-refractivity contribution in [3.8, 4) is 5.75 Å². The van der Waals surface area contributed by atoms with Gasteiger partial charge in [-0.2, -0.15) is 0 Å². The first-order chi connectivity index (χ1) is 17.9. The number of aryl methyl sites for hydroxylation is 1. The number of thiophene rings is 1. The SMILES string of the molecule is CCn1c(SCC(=O)Nc2sc3c(c2C(=O)OC)CCCCCC3)nnc1C(C)Oc1ccc(Br)cc1. The van der Waals surface area contributed by atoms with Gasteiger partial charge in [-0.25, -0.2) is 4.79 Å². The second-order valence-electron chi connectivity index (χ2n) is 8.75. The van der Waals surface area contributed by atoms with Crippen molar-refractivity contribution < 1.29 is 19.1 Å². The zero-order valence-corrected chi connectivity index (χ0v) is 24.4. The average Bonchev–Trinajstić information content (AvgIpc) is 3.44. The Balaban J connectivity index is 1.44. The fourth-order valence-electron chi connectivity index (χ4n) is 4.39. The van der Waals surface area contributed by atoms with E-state index in [1.165, 1.54) is 41.5 Å². The summed E-state index contributed by atoms with van der Waals surface area (Å²) >= 11 is 6.24. The van der Waals surface area contributed by atoms with Gasteiger partial charge >= 0.3 is 5.97 Å². The Labute approximate surface area is 233 Å². The molecule has 0 bridgehead atoms. The van der Waals surface area contributed by atoms with Crippen LogP contribution in [0.3, 0.4) is 0 Å². The van der Waals surface area contributed by atoms with Crippen molar-refractivity contribution in [3.63, 3.8) is 0 Å². The molecule has 0 saturated heterocycles. The number of aromatic nitrogens is 3. The molecule has 0 radical (unpaired) electrons. The van der Waals surface area contributed by atoms with Crippen molar-refractivity contribution in [2.45, 2.75) is 70.2 Å². The summed E-state index contributed by atoms with van der Waals surface area (Å²) < 4.78 is 14.0. The maximum absolute atomic E-state index is 12.9. The normalized spacial score (nSPS) is 14.3. The molecule has 3 aromatic rings. The molecule has 1 aromatic carbocycles. The van der Waals surface area contributed by atoms with E-state index in [2.05, 4.69) is 31.4 Å². The second-order valence-corrected chi connectivity index (χ2v) is 11.7. The monoisotopic (exact) mass is 606 g/mol. The number of ether oxygens (including phenoxy) is 2. The number of halogens is 1. The number of anilines is 1. The zero-order valence-electron chi connectivity index (χ0n) is 21.2. The fraction of sp³-hybridized carbons (Fsp3) is 0.462. The highest BCUT2D eigenvalue weighted by atomic mass is 79.9. The molecule has 0 saturated carbocycles. The van der Waals surface area contributed by atoms with Crippen LogP contribution in [-0.4, -0.2) is 39.5 Å². The van der Waals surface area contributed by atoms with Gasteiger partial charge in [0.25, 0.3) is 0 Å². The minimum absolute atomic E-state index is 0.142. The summed E-state index contributed by atoms with van der Waals surface area (Å²) in [5.41, 5.74) is 1.55. The highest BCUT2D eigenvalue weighted by Gasteiger charge is 2.26. The Morgan fingerprint density at radius 2 is 1.89 bits per heavy atom. The number of nitrogens with zero attached hydrogens (tertiary/aromatic N) is 3. The molecule has 0 fully saturated rings. The van der Waals surface area contributed by atoms with Gasteiger partial charge in [-0.15, -0.1) is 21.5 Å². The third-order valence-corrected chi connectivity index (χ3v) is 8.90. The lowest BCUT2D eigenvalue weighted by molar-refractivity contribution is -0.113. The van der Waals surface area contributed by atoms with Gasteiger partial charge in [0.05, 0.1) is 18.4 Å². The van der Waals surface area contributed by atoms with Crippen molar-refractivity contribution in [2.24, 2.45) is 0 Å². The molecule has 2 aromatic heterocycles. The molecule has 1 unspecified atom stereocenters. The highest BCUT2D eigenvalue weighted by Crippen LogP contribution is 2.37. The van der Waals surface area contributed by atoms with E-state index in [-0.39, 0.29) is 17.8 Å². The van der Waals surface area contributed by atoms with Crippen LogP contribution in [0.15, 0.2) is 33.9 Å².